The minimum absolute atomic E-state index is 0.0777. The van der Waals surface area contributed by atoms with E-state index in [-0.39, 0.29) is 5.41 Å². The molecule has 1 fully saturated rings. The van der Waals surface area contributed by atoms with Crippen LogP contribution in [0.4, 0.5) is 0 Å². The van der Waals surface area contributed by atoms with Gasteiger partial charge in [-0.05, 0) is 43.2 Å². The highest BCUT2D eigenvalue weighted by molar-refractivity contribution is 5.62. The summed E-state index contributed by atoms with van der Waals surface area (Å²) in [6.07, 6.45) is 2.60. The first kappa shape index (κ1) is 13.0. The standard InChI is InChI=1S/C18H21NO2/c1-18(2)11-20-17-7-3-12(9-15(17)18)16-8-6-14(21-16)10-19-13-4-5-13/h3,6-9,13,19H,4-5,10-11H2,1-2H3. The lowest BCUT2D eigenvalue weighted by atomic mass is 9.86. The third-order valence-corrected chi connectivity index (χ3v) is 4.39. The van der Waals surface area contributed by atoms with Crippen LogP contribution in [0.15, 0.2) is 34.7 Å². The summed E-state index contributed by atoms with van der Waals surface area (Å²) in [5.41, 5.74) is 2.48. The maximum atomic E-state index is 5.97. The van der Waals surface area contributed by atoms with Crippen molar-refractivity contribution in [3.05, 3.63) is 41.7 Å². The number of ether oxygens (including phenoxy) is 1. The summed E-state index contributed by atoms with van der Waals surface area (Å²) in [7, 11) is 0. The molecular formula is C18H21NO2. The molecule has 0 atom stereocenters. The molecule has 3 nitrogen and oxygen atoms in total. The Labute approximate surface area is 125 Å². The van der Waals surface area contributed by atoms with E-state index in [1.54, 1.807) is 0 Å². The summed E-state index contributed by atoms with van der Waals surface area (Å²) in [6.45, 7) is 6.01. The fourth-order valence-corrected chi connectivity index (χ4v) is 2.83. The first-order chi connectivity index (χ1) is 10.1. The lowest BCUT2D eigenvalue weighted by Crippen LogP contribution is -2.18. The van der Waals surface area contributed by atoms with Crippen LogP contribution in [0.2, 0.25) is 0 Å². The van der Waals surface area contributed by atoms with Crippen LogP contribution in [0.3, 0.4) is 0 Å². The van der Waals surface area contributed by atoms with Crippen molar-refractivity contribution in [1.29, 1.82) is 0 Å². The van der Waals surface area contributed by atoms with Gasteiger partial charge in [0.05, 0.1) is 13.2 Å². The van der Waals surface area contributed by atoms with E-state index >= 15 is 0 Å². The van der Waals surface area contributed by atoms with Gasteiger partial charge in [0, 0.05) is 22.6 Å². The van der Waals surface area contributed by atoms with Gasteiger partial charge >= 0.3 is 0 Å². The Bertz CT molecular complexity index is 668. The van der Waals surface area contributed by atoms with E-state index in [1.807, 2.05) is 0 Å². The first-order valence-corrected chi connectivity index (χ1v) is 7.72. The summed E-state index contributed by atoms with van der Waals surface area (Å²) in [5, 5.41) is 3.48. The predicted molar refractivity (Wildman–Crippen MR) is 82.5 cm³/mol. The normalized spacial score (nSPS) is 19.3. The zero-order valence-electron chi connectivity index (χ0n) is 12.6. The number of hydrogen-bond acceptors (Lipinski definition) is 3. The van der Waals surface area contributed by atoms with Crippen molar-refractivity contribution in [3.8, 4) is 17.1 Å². The molecule has 0 bridgehead atoms. The highest BCUT2D eigenvalue weighted by Gasteiger charge is 2.32. The van der Waals surface area contributed by atoms with Crippen LogP contribution in [-0.4, -0.2) is 12.6 Å². The largest absolute Gasteiger partial charge is 0.492 e. The van der Waals surface area contributed by atoms with Crippen LogP contribution < -0.4 is 10.1 Å². The van der Waals surface area contributed by atoms with Crippen LogP contribution in [0, 0.1) is 0 Å². The van der Waals surface area contributed by atoms with Gasteiger partial charge < -0.3 is 14.5 Å². The van der Waals surface area contributed by atoms with E-state index < -0.39 is 0 Å². The summed E-state index contributed by atoms with van der Waals surface area (Å²) < 4.78 is 11.7. The first-order valence-electron chi connectivity index (χ1n) is 7.72. The highest BCUT2D eigenvalue weighted by Crippen LogP contribution is 2.40. The average Bonchev–Trinajstić information content (AvgIpc) is 3.10. The van der Waals surface area contributed by atoms with E-state index in [2.05, 4.69) is 49.5 Å². The van der Waals surface area contributed by atoms with Crippen molar-refractivity contribution < 1.29 is 9.15 Å². The Balaban J connectivity index is 1.58. The van der Waals surface area contributed by atoms with Gasteiger partial charge in [-0.3, -0.25) is 0 Å². The van der Waals surface area contributed by atoms with Gasteiger partial charge in [-0.15, -0.1) is 0 Å². The molecule has 0 saturated heterocycles. The number of rotatable bonds is 4. The molecule has 0 amide bonds. The molecule has 1 aliphatic heterocycles. The van der Waals surface area contributed by atoms with Crippen LogP contribution in [-0.2, 0) is 12.0 Å². The van der Waals surface area contributed by atoms with Gasteiger partial charge in [-0.25, -0.2) is 0 Å². The fourth-order valence-electron chi connectivity index (χ4n) is 2.83. The van der Waals surface area contributed by atoms with Crippen LogP contribution in [0.1, 0.15) is 38.0 Å². The van der Waals surface area contributed by atoms with Gasteiger partial charge in [0.2, 0.25) is 0 Å². The van der Waals surface area contributed by atoms with Gasteiger partial charge in [-0.1, -0.05) is 13.8 Å². The Kier molecular flexibility index (Phi) is 2.86. The molecular weight excluding hydrogens is 262 g/mol. The second kappa shape index (κ2) is 4.63. The van der Waals surface area contributed by atoms with Gasteiger partial charge in [0.15, 0.2) is 0 Å². The molecule has 21 heavy (non-hydrogen) atoms. The van der Waals surface area contributed by atoms with Crippen molar-refractivity contribution in [2.45, 2.75) is 44.7 Å². The number of nitrogens with one attached hydrogen (secondary N) is 1. The maximum Gasteiger partial charge on any atom is 0.134 e. The van der Waals surface area contributed by atoms with E-state index in [0.717, 1.165) is 36.0 Å². The second-order valence-corrected chi connectivity index (χ2v) is 6.80. The molecule has 1 N–H and O–H groups in total. The molecule has 1 saturated carbocycles. The number of hydrogen-bond donors (Lipinski definition) is 1. The zero-order chi connectivity index (χ0) is 14.4. The van der Waals surface area contributed by atoms with E-state index in [1.165, 1.54) is 18.4 Å². The molecule has 0 radical (unpaired) electrons. The van der Waals surface area contributed by atoms with Crippen LogP contribution >= 0.6 is 0 Å². The van der Waals surface area contributed by atoms with Crippen molar-refractivity contribution in [2.75, 3.05) is 6.61 Å². The average molecular weight is 283 g/mol. The quantitative estimate of drug-likeness (QED) is 0.925. The second-order valence-electron chi connectivity index (χ2n) is 6.80. The minimum Gasteiger partial charge on any atom is -0.492 e. The molecule has 1 aromatic heterocycles. The molecule has 0 unspecified atom stereocenters. The minimum atomic E-state index is 0.0777. The fraction of sp³-hybridized carbons (Fsp3) is 0.444. The van der Waals surface area contributed by atoms with E-state index in [0.29, 0.717) is 6.04 Å². The van der Waals surface area contributed by atoms with Crippen molar-refractivity contribution in [1.82, 2.24) is 5.32 Å². The molecule has 2 aliphatic rings. The summed E-state index contributed by atoms with van der Waals surface area (Å²) >= 11 is 0. The Morgan fingerprint density at radius 2 is 2.05 bits per heavy atom. The smallest absolute Gasteiger partial charge is 0.134 e. The predicted octanol–water partition coefficient (Wildman–Crippen LogP) is 3.87. The molecule has 4 rings (SSSR count). The van der Waals surface area contributed by atoms with E-state index in [4.69, 9.17) is 9.15 Å². The summed E-state index contributed by atoms with van der Waals surface area (Å²) in [5.74, 6) is 2.95. The maximum absolute atomic E-state index is 5.97. The Hall–Kier alpha value is -1.74. The number of furan rings is 1. The Morgan fingerprint density at radius 3 is 2.86 bits per heavy atom. The molecule has 1 aromatic carbocycles. The molecule has 2 heterocycles. The number of fused-ring (bicyclic) bond motifs is 1. The van der Waals surface area contributed by atoms with Crippen molar-refractivity contribution >= 4 is 0 Å². The lowest BCUT2D eigenvalue weighted by Gasteiger charge is -2.15. The molecule has 2 aromatic rings. The molecule has 0 spiro atoms. The van der Waals surface area contributed by atoms with Crippen molar-refractivity contribution in [3.63, 3.8) is 0 Å². The van der Waals surface area contributed by atoms with Gasteiger partial charge in [-0.2, -0.15) is 0 Å². The third-order valence-electron chi connectivity index (χ3n) is 4.39. The van der Waals surface area contributed by atoms with Crippen LogP contribution in [0.5, 0.6) is 5.75 Å². The molecule has 1 aliphatic carbocycles. The highest BCUT2D eigenvalue weighted by atomic mass is 16.5. The zero-order valence-corrected chi connectivity index (χ0v) is 12.6. The van der Waals surface area contributed by atoms with Crippen LogP contribution in [0.25, 0.3) is 11.3 Å². The lowest BCUT2D eigenvalue weighted by molar-refractivity contribution is 0.291. The summed E-state index contributed by atoms with van der Waals surface area (Å²) in [4.78, 5) is 0. The number of benzene rings is 1. The molecule has 3 heteroatoms. The summed E-state index contributed by atoms with van der Waals surface area (Å²) in [6, 6.07) is 11.2. The van der Waals surface area contributed by atoms with Crippen molar-refractivity contribution in [2.24, 2.45) is 0 Å². The van der Waals surface area contributed by atoms with E-state index in [9.17, 15) is 0 Å². The third kappa shape index (κ3) is 2.46. The van der Waals surface area contributed by atoms with Gasteiger partial charge in [0.1, 0.15) is 17.3 Å². The Morgan fingerprint density at radius 1 is 1.19 bits per heavy atom. The van der Waals surface area contributed by atoms with Gasteiger partial charge in [0.25, 0.3) is 0 Å². The monoisotopic (exact) mass is 283 g/mol. The topological polar surface area (TPSA) is 34.4 Å². The molecule has 110 valence electrons. The SMILES string of the molecule is CC1(C)COc2ccc(-c3ccc(CNC4CC4)o3)cc21.